The van der Waals surface area contributed by atoms with Crippen LogP contribution in [-0.2, 0) is 0 Å². The SMILES string of the molecule is CB([N-]C(C)(C)C)[N-]C(C)(C)C.[Li+].[Li+]. The van der Waals surface area contributed by atoms with Gasteiger partial charge in [-0.3, -0.25) is 0 Å². The number of nitrogens with zero attached hydrogens (tertiary/aromatic N) is 2. The van der Waals surface area contributed by atoms with Crippen LogP contribution in [0.3, 0.4) is 0 Å². The summed E-state index contributed by atoms with van der Waals surface area (Å²) in [5.74, 6) is 0. The molecular weight excluding hydrogens is 161 g/mol. The van der Waals surface area contributed by atoms with Gasteiger partial charge in [0.05, 0.1) is 0 Å². The van der Waals surface area contributed by atoms with Crippen molar-refractivity contribution in [3.63, 3.8) is 0 Å². The summed E-state index contributed by atoms with van der Waals surface area (Å²) < 4.78 is 0. The Kier molecular flexibility index (Phi) is 11.0. The molecule has 0 aliphatic heterocycles. The molecule has 0 spiro atoms. The first-order valence-electron chi connectivity index (χ1n) is 4.54. The predicted molar refractivity (Wildman–Crippen MR) is 57.8 cm³/mol. The molecule has 72 valence electrons. The summed E-state index contributed by atoms with van der Waals surface area (Å²) >= 11 is 0. The van der Waals surface area contributed by atoms with Gasteiger partial charge in [0.15, 0.2) is 0 Å². The van der Waals surface area contributed by atoms with Crippen LogP contribution >= 0.6 is 0 Å². The Morgan fingerprint density at radius 1 is 0.714 bits per heavy atom. The van der Waals surface area contributed by atoms with Gasteiger partial charge in [-0.1, -0.05) is 41.5 Å². The van der Waals surface area contributed by atoms with E-state index in [0.717, 1.165) is 0 Å². The third-order valence-electron chi connectivity index (χ3n) is 1.15. The van der Waals surface area contributed by atoms with Crippen molar-refractivity contribution >= 4 is 6.98 Å². The van der Waals surface area contributed by atoms with Crippen LogP contribution in [0.5, 0.6) is 0 Å². The second kappa shape index (κ2) is 7.45. The molecule has 0 rings (SSSR count). The monoisotopic (exact) mass is 182 g/mol. The van der Waals surface area contributed by atoms with Crippen LogP contribution < -0.4 is 37.7 Å². The summed E-state index contributed by atoms with van der Waals surface area (Å²) in [5, 5.41) is 9.06. The average Bonchev–Trinajstić information content (AvgIpc) is 1.49. The molecular formula is C9H21BLi2N2. The molecule has 0 fully saturated rings. The van der Waals surface area contributed by atoms with E-state index in [-0.39, 0.29) is 55.8 Å². The fourth-order valence-electron chi connectivity index (χ4n) is 1.15. The fourth-order valence-corrected chi connectivity index (χ4v) is 1.15. The molecule has 0 bridgehead atoms. The molecule has 0 saturated carbocycles. The van der Waals surface area contributed by atoms with Crippen molar-refractivity contribution in [1.82, 2.24) is 0 Å². The molecule has 0 aliphatic rings. The summed E-state index contributed by atoms with van der Waals surface area (Å²) in [5.41, 5.74) is 0.0440. The molecule has 14 heavy (non-hydrogen) atoms. The smallest absolute Gasteiger partial charge is 0.699 e. The quantitative estimate of drug-likeness (QED) is 0.421. The van der Waals surface area contributed by atoms with E-state index in [1.165, 1.54) is 0 Å². The van der Waals surface area contributed by atoms with E-state index in [1.54, 1.807) is 0 Å². The first-order valence-corrected chi connectivity index (χ1v) is 4.54. The molecule has 2 nitrogen and oxygen atoms in total. The molecule has 0 saturated heterocycles. The molecule has 5 heteroatoms. The number of hydrogen-bond acceptors (Lipinski definition) is 0. The summed E-state index contributed by atoms with van der Waals surface area (Å²) in [6.45, 7) is 14.7. The zero-order chi connectivity index (χ0) is 9.99. The average molecular weight is 182 g/mol. The Hall–Kier alpha value is 1.18. The Morgan fingerprint density at radius 2 is 0.929 bits per heavy atom. The molecule has 0 amide bonds. The van der Waals surface area contributed by atoms with E-state index in [1.807, 2.05) is 6.82 Å². The maximum absolute atomic E-state index is 4.53. The van der Waals surface area contributed by atoms with Crippen molar-refractivity contribution < 1.29 is 37.7 Å². The largest absolute Gasteiger partial charge is 1.00 e. The molecule has 0 N–H and O–H groups in total. The standard InChI is InChI=1S/C9H21BN2.2Li/c1-8(2,3)11-10(7)12-9(4,5)6;;/h1-7H3;;/q-2;2*+1. The summed E-state index contributed by atoms with van der Waals surface area (Å²) in [6.07, 6.45) is 0. The second-order valence-electron chi connectivity index (χ2n) is 5.23. The summed E-state index contributed by atoms with van der Waals surface area (Å²) in [4.78, 5) is 0. The number of rotatable bonds is 2. The van der Waals surface area contributed by atoms with E-state index in [2.05, 4.69) is 52.0 Å². The van der Waals surface area contributed by atoms with Gasteiger partial charge < -0.3 is 10.5 Å². The van der Waals surface area contributed by atoms with Crippen LogP contribution in [0.25, 0.3) is 10.5 Å². The molecule has 0 aromatic rings. The van der Waals surface area contributed by atoms with Gasteiger partial charge in [0.2, 0.25) is 0 Å². The third-order valence-corrected chi connectivity index (χ3v) is 1.15. The van der Waals surface area contributed by atoms with Gasteiger partial charge in [0.25, 0.3) is 0 Å². The van der Waals surface area contributed by atoms with Gasteiger partial charge in [0, 0.05) is 0 Å². The van der Waals surface area contributed by atoms with Crippen molar-refractivity contribution in [3.05, 3.63) is 10.5 Å². The van der Waals surface area contributed by atoms with Crippen molar-refractivity contribution in [2.45, 2.75) is 59.4 Å². The number of hydrogen-bond donors (Lipinski definition) is 0. The Morgan fingerprint density at radius 3 is 1.07 bits per heavy atom. The van der Waals surface area contributed by atoms with E-state index in [0.29, 0.717) is 0 Å². The maximum Gasteiger partial charge on any atom is 1.00 e. The minimum Gasteiger partial charge on any atom is -0.699 e. The molecule has 0 aromatic carbocycles. The van der Waals surface area contributed by atoms with Crippen molar-refractivity contribution in [2.75, 3.05) is 0 Å². The molecule has 0 unspecified atom stereocenters. The van der Waals surface area contributed by atoms with E-state index >= 15 is 0 Å². The van der Waals surface area contributed by atoms with Crippen LogP contribution in [0.4, 0.5) is 0 Å². The topological polar surface area (TPSA) is 28.2 Å². The first kappa shape index (κ1) is 20.6. The van der Waals surface area contributed by atoms with Gasteiger partial charge in [0.1, 0.15) is 0 Å². The third kappa shape index (κ3) is 15.6. The van der Waals surface area contributed by atoms with Crippen LogP contribution in [0.2, 0.25) is 6.82 Å². The zero-order valence-corrected chi connectivity index (χ0v) is 11.5. The molecule has 0 atom stereocenters. The van der Waals surface area contributed by atoms with Crippen molar-refractivity contribution in [2.24, 2.45) is 0 Å². The molecule has 0 radical (unpaired) electrons. The van der Waals surface area contributed by atoms with Crippen LogP contribution in [-0.4, -0.2) is 18.1 Å². The predicted octanol–water partition coefficient (Wildman–Crippen LogP) is -2.54. The van der Waals surface area contributed by atoms with Gasteiger partial charge in [-0.05, 0) is 0 Å². The minimum absolute atomic E-state index is 0. The Balaban J connectivity index is -0.000000605. The van der Waals surface area contributed by atoms with Crippen molar-refractivity contribution in [1.29, 1.82) is 0 Å². The molecule has 0 heterocycles. The van der Waals surface area contributed by atoms with Crippen LogP contribution in [0.1, 0.15) is 41.5 Å². The van der Waals surface area contributed by atoms with Gasteiger partial charge in [-0.25, -0.2) is 0 Å². The van der Waals surface area contributed by atoms with Crippen LogP contribution in [0, 0.1) is 0 Å². The maximum atomic E-state index is 4.53. The fraction of sp³-hybridized carbons (Fsp3) is 1.00. The van der Waals surface area contributed by atoms with Crippen LogP contribution in [0.15, 0.2) is 0 Å². The molecule has 0 aromatic heterocycles. The Labute approximate surface area is 114 Å². The molecule has 0 aliphatic carbocycles. The first-order chi connectivity index (χ1) is 5.10. The summed E-state index contributed by atoms with van der Waals surface area (Å²) in [7, 11) is 0. The zero-order valence-electron chi connectivity index (χ0n) is 11.5. The minimum atomic E-state index is 0. The van der Waals surface area contributed by atoms with Gasteiger partial charge in [-0.2, -0.15) is 0 Å². The van der Waals surface area contributed by atoms with E-state index < -0.39 is 0 Å². The van der Waals surface area contributed by atoms with Crippen molar-refractivity contribution in [3.8, 4) is 0 Å². The van der Waals surface area contributed by atoms with Gasteiger partial charge >= 0.3 is 37.7 Å². The van der Waals surface area contributed by atoms with E-state index in [9.17, 15) is 0 Å². The van der Waals surface area contributed by atoms with Gasteiger partial charge in [-0.15, -0.1) is 24.9 Å². The second-order valence-corrected chi connectivity index (χ2v) is 5.23. The van der Waals surface area contributed by atoms with E-state index in [4.69, 9.17) is 0 Å². The normalized spacial score (nSPS) is 11.4. The Bertz CT molecular complexity index is 125. The summed E-state index contributed by atoms with van der Waals surface area (Å²) in [6, 6.07) is 0.